The molecule has 1 fully saturated rings. The number of amides is 3. The van der Waals surface area contributed by atoms with E-state index >= 15 is 0 Å². The normalized spacial score (nSPS) is 20.5. The number of benzene rings is 1. The Hall–Kier alpha value is -3.76. The average molecular weight is 486 g/mol. The van der Waals surface area contributed by atoms with Crippen molar-refractivity contribution in [2.24, 2.45) is 5.92 Å². The largest absolute Gasteiger partial charge is 0.501 e. The summed E-state index contributed by atoms with van der Waals surface area (Å²) in [5.74, 6) is -3.19. The van der Waals surface area contributed by atoms with Crippen LogP contribution >= 0.6 is 0 Å². The van der Waals surface area contributed by atoms with Crippen LogP contribution in [0.4, 0.5) is 4.39 Å². The van der Waals surface area contributed by atoms with Gasteiger partial charge >= 0.3 is 11.8 Å². The predicted molar refractivity (Wildman–Crippen MR) is 123 cm³/mol. The van der Waals surface area contributed by atoms with Gasteiger partial charge in [0, 0.05) is 46.2 Å². The summed E-state index contributed by atoms with van der Waals surface area (Å²) < 4.78 is 14.5. The molecule has 2 aliphatic heterocycles. The van der Waals surface area contributed by atoms with E-state index in [2.05, 4.69) is 10.3 Å². The molecule has 186 valence electrons. The first kappa shape index (κ1) is 24.4. The molecule has 11 heteroatoms. The van der Waals surface area contributed by atoms with Crippen molar-refractivity contribution in [1.29, 1.82) is 0 Å². The molecule has 3 amide bonds. The number of hydrogen-bond acceptors (Lipinski definition) is 6. The van der Waals surface area contributed by atoms with Crippen molar-refractivity contribution in [2.45, 2.75) is 44.3 Å². The highest BCUT2D eigenvalue weighted by molar-refractivity contribution is 6.34. The van der Waals surface area contributed by atoms with Gasteiger partial charge in [-0.3, -0.25) is 23.7 Å². The van der Waals surface area contributed by atoms with Crippen LogP contribution in [0.1, 0.15) is 47.1 Å². The fourth-order valence-electron chi connectivity index (χ4n) is 4.92. The van der Waals surface area contributed by atoms with Crippen LogP contribution in [0.25, 0.3) is 0 Å². The lowest BCUT2D eigenvalue weighted by molar-refractivity contribution is -0.151. The van der Waals surface area contributed by atoms with E-state index in [9.17, 15) is 28.7 Å². The molecule has 1 aliphatic carbocycles. The lowest BCUT2D eigenvalue weighted by Gasteiger charge is -2.38. The highest BCUT2D eigenvalue weighted by atomic mass is 19.1. The SMILES string of the molecule is CN(C)C(=O)C(=O)N(C)C1CC2CCC1c1nc(C(=O)NCc3ccc(F)cc3)c(O)c(=O)n1C2. The third-order valence-corrected chi connectivity index (χ3v) is 6.86. The summed E-state index contributed by atoms with van der Waals surface area (Å²) in [6, 6.07) is 5.17. The number of rotatable bonds is 4. The lowest BCUT2D eigenvalue weighted by Crippen LogP contribution is -2.49. The standard InChI is InChI=1S/C24H28FN5O5/c1-28(2)23(34)24(35)29(3)17-10-14-6-9-16(17)20-27-18(19(31)22(33)30(20)12-14)21(32)26-11-13-4-7-15(25)8-5-13/h4-5,7-8,14,16-17,31H,6,9-12H2,1-3H3,(H,26,32). The van der Waals surface area contributed by atoms with Crippen LogP contribution in [0.3, 0.4) is 0 Å². The minimum Gasteiger partial charge on any atom is -0.501 e. The highest BCUT2D eigenvalue weighted by Crippen LogP contribution is 2.42. The Bertz CT molecular complexity index is 1230. The van der Waals surface area contributed by atoms with Gasteiger partial charge in [0.2, 0.25) is 5.75 Å². The van der Waals surface area contributed by atoms with Gasteiger partial charge in [-0.2, -0.15) is 0 Å². The molecule has 1 saturated carbocycles. The third-order valence-electron chi connectivity index (χ3n) is 6.86. The lowest BCUT2D eigenvalue weighted by atomic mass is 9.78. The monoisotopic (exact) mass is 485 g/mol. The van der Waals surface area contributed by atoms with E-state index in [0.717, 1.165) is 6.42 Å². The molecule has 10 nitrogen and oxygen atoms in total. The van der Waals surface area contributed by atoms with Crippen LogP contribution in [0, 0.1) is 11.7 Å². The summed E-state index contributed by atoms with van der Waals surface area (Å²) >= 11 is 0. The fraction of sp³-hybridized carbons (Fsp3) is 0.458. The van der Waals surface area contributed by atoms with Gasteiger partial charge in [-0.1, -0.05) is 12.1 Å². The average Bonchev–Trinajstić information content (AvgIpc) is 3.12. The summed E-state index contributed by atoms with van der Waals surface area (Å²) in [4.78, 5) is 57.9. The molecule has 3 unspecified atom stereocenters. The van der Waals surface area contributed by atoms with Gasteiger partial charge in [-0.15, -0.1) is 0 Å². The number of nitrogens with zero attached hydrogens (tertiary/aromatic N) is 4. The number of aromatic hydroxyl groups is 1. The molecule has 1 aromatic carbocycles. The highest BCUT2D eigenvalue weighted by Gasteiger charge is 2.43. The zero-order valence-electron chi connectivity index (χ0n) is 19.8. The third kappa shape index (κ3) is 4.62. The van der Waals surface area contributed by atoms with Crippen LogP contribution in [-0.4, -0.2) is 69.4 Å². The summed E-state index contributed by atoms with van der Waals surface area (Å²) in [6.45, 7) is 0.361. The molecule has 3 heterocycles. The Labute approximate surface area is 201 Å². The first-order chi connectivity index (χ1) is 16.6. The number of hydrogen-bond donors (Lipinski definition) is 2. The molecule has 1 aromatic heterocycles. The molecule has 35 heavy (non-hydrogen) atoms. The molecule has 0 radical (unpaired) electrons. The predicted octanol–water partition coefficient (Wildman–Crippen LogP) is 0.831. The number of halogens is 1. The number of aromatic nitrogens is 2. The van der Waals surface area contributed by atoms with E-state index in [1.165, 1.54) is 52.7 Å². The molecular formula is C24H28FN5O5. The number of likely N-dealkylation sites (N-methyl/N-ethyl adjacent to an activating group) is 2. The second-order valence-electron chi connectivity index (χ2n) is 9.36. The topological polar surface area (TPSA) is 125 Å². The minimum atomic E-state index is -0.741. The first-order valence-corrected chi connectivity index (χ1v) is 11.4. The second kappa shape index (κ2) is 9.47. The molecule has 5 rings (SSSR count). The van der Waals surface area contributed by atoms with E-state index in [-0.39, 0.29) is 24.4 Å². The van der Waals surface area contributed by atoms with Crippen molar-refractivity contribution in [3.05, 3.63) is 57.5 Å². The summed E-state index contributed by atoms with van der Waals surface area (Å²) in [5.41, 5.74) is -0.473. The van der Waals surface area contributed by atoms with Gasteiger partial charge < -0.3 is 20.2 Å². The van der Waals surface area contributed by atoms with E-state index < -0.39 is 40.5 Å². The van der Waals surface area contributed by atoms with Crippen molar-refractivity contribution in [2.75, 3.05) is 21.1 Å². The van der Waals surface area contributed by atoms with E-state index in [1.54, 1.807) is 7.05 Å². The smallest absolute Gasteiger partial charge is 0.312 e. The quantitative estimate of drug-likeness (QED) is 0.618. The maximum absolute atomic E-state index is 13.1. The van der Waals surface area contributed by atoms with Gasteiger partial charge in [0.15, 0.2) is 5.69 Å². The van der Waals surface area contributed by atoms with Crippen molar-refractivity contribution in [1.82, 2.24) is 24.7 Å². The first-order valence-electron chi connectivity index (χ1n) is 11.4. The van der Waals surface area contributed by atoms with Gasteiger partial charge in [-0.25, -0.2) is 9.37 Å². The van der Waals surface area contributed by atoms with Gasteiger partial charge in [0.25, 0.3) is 11.5 Å². The Morgan fingerprint density at radius 2 is 1.83 bits per heavy atom. The summed E-state index contributed by atoms with van der Waals surface area (Å²) in [7, 11) is 4.57. The molecule has 3 aliphatic rings. The van der Waals surface area contributed by atoms with Crippen LogP contribution in [0.2, 0.25) is 0 Å². The Morgan fingerprint density at radius 1 is 1.14 bits per heavy atom. The second-order valence-corrected chi connectivity index (χ2v) is 9.36. The van der Waals surface area contributed by atoms with Gasteiger partial charge in [0.1, 0.15) is 11.6 Å². The zero-order chi connectivity index (χ0) is 25.4. The minimum absolute atomic E-state index is 0.0522. The van der Waals surface area contributed by atoms with Crippen LogP contribution in [0.15, 0.2) is 29.1 Å². The molecule has 2 aromatic rings. The number of carbonyl (C=O) groups excluding carboxylic acids is 3. The fourth-order valence-corrected chi connectivity index (χ4v) is 4.92. The number of carbonyl (C=O) groups is 3. The van der Waals surface area contributed by atoms with Crippen LogP contribution < -0.4 is 10.9 Å². The molecule has 2 N–H and O–H groups in total. The van der Waals surface area contributed by atoms with Crippen LogP contribution in [-0.2, 0) is 22.7 Å². The van der Waals surface area contributed by atoms with Crippen molar-refractivity contribution in [3.8, 4) is 5.75 Å². The molecule has 0 saturated heterocycles. The van der Waals surface area contributed by atoms with E-state index in [1.807, 2.05) is 0 Å². The van der Waals surface area contributed by atoms with Gasteiger partial charge in [0.05, 0.1) is 0 Å². The Morgan fingerprint density at radius 3 is 2.49 bits per heavy atom. The van der Waals surface area contributed by atoms with Crippen molar-refractivity contribution < 1.29 is 23.9 Å². The summed E-state index contributed by atoms with van der Waals surface area (Å²) in [6.07, 6.45) is 1.99. The molecule has 2 bridgehead atoms. The van der Waals surface area contributed by atoms with Crippen molar-refractivity contribution in [3.63, 3.8) is 0 Å². The maximum atomic E-state index is 13.1. The van der Waals surface area contributed by atoms with Gasteiger partial charge in [-0.05, 0) is 42.9 Å². The van der Waals surface area contributed by atoms with E-state index in [4.69, 9.17) is 0 Å². The number of fused-ring (bicyclic) bond motifs is 2. The maximum Gasteiger partial charge on any atom is 0.312 e. The van der Waals surface area contributed by atoms with Crippen molar-refractivity contribution >= 4 is 17.7 Å². The Balaban J connectivity index is 1.65. The zero-order valence-corrected chi connectivity index (χ0v) is 19.8. The van der Waals surface area contributed by atoms with Crippen LogP contribution in [0.5, 0.6) is 5.75 Å². The molecular weight excluding hydrogens is 457 g/mol. The Kier molecular flexibility index (Phi) is 6.60. The number of nitrogens with one attached hydrogen (secondary N) is 1. The van der Waals surface area contributed by atoms with E-state index in [0.29, 0.717) is 30.8 Å². The summed E-state index contributed by atoms with van der Waals surface area (Å²) in [5, 5.41) is 13.1. The molecule has 0 spiro atoms. The molecule has 3 atom stereocenters.